The first-order valence-corrected chi connectivity index (χ1v) is 7.17. The molecule has 2 aromatic rings. The van der Waals surface area contributed by atoms with Gasteiger partial charge in [-0.15, -0.1) is 0 Å². The standard InChI is InChI=1S/C13H15BrN4S/c14-10-3-4-12(11(9-10)13(15)19)16-5-1-7-18-8-2-6-17-18/h2-4,6,8-9,16H,1,5,7H2,(H2,15,19). The number of halogens is 1. The summed E-state index contributed by atoms with van der Waals surface area (Å²) in [4.78, 5) is 0.399. The summed E-state index contributed by atoms with van der Waals surface area (Å²) in [5, 5.41) is 7.51. The van der Waals surface area contributed by atoms with Crippen LogP contribution >= 0.6 is 28.1 Å². The average molecular weight is 339 g/mol. The number of benzene rings is 1. The number of hydrogen-bond acceptors (Lipinski definition) is 3. The molecule has 1 aromatic carbocycles. The summed E-state index contributed by atoms with van der Waals surface area (Å²) in [6.07, 6.45) is 4.72. The number of aryl methyl sites for hydroxylation is 1. The van der Waals surface area contributed by atoms with E-state index in [-0.39, 0.29) is 0 Å². The molecule has 0 saturated heterocycles. The van der Waals surface area contributed by atoms with Crippen LogP contribution in [0.25, 0.3) is 0 Å². The van der Waals surface area contributed by atoms with Gasteiger partial charge in [0.2, 0.25) is 0 Å². The largest absolute Gasteiger partial charge is 0.389 e. The fraction of sp³-hybridized carbons (Fsp3) is 0.231. The molecule has 0 radical (unpaired) electrons. The quantitative estimate of drug-likeness (QED) is 0.628. The van der Waals surface area contributed by atoms with Gasteiger partial charge in [0.1, 0.15) is 4.99 Å². The maximum absolute atomic E-state index is 5.72. The summed E-state index contributed by atoms with van der Waals surface area (Å²) in [6.45, 7) is 1.73. The molecule has 0 spiro atoms. The lowest BCUT2D eigenvalue weighted by molar-refractivity contribution is 0.592. The van der Waals surface area contributed by atoms with Crippen LogP contribution in [0.4, 0.5) is 5.69 Å². The van der Waals surface area contributed by atoms with E-state index in [2.05, 4.69) is 26.3 Å². The Bertz CT molecular complexity index is 554. The fourth-order valence-corrected chi connectivity index (χ4v) is 2.30. The number of hydrogen-bond donors (Lipinski definition) is 2. The van der Waals surface area contributed by atoms with Crippen LogP contribution in [0, 0.1) is 0 Å². The molecule has 2 rings (SSSR count). The van der Waals surface area contributed by atoms with Crippen molar-refractivity contribution in [3.63, 3.8) is 0 Å². The second kappa shape index (κ2) is 6.68. The van der Waals surface area contributed by atoms with Gasteiger partial charge >= 0.3 is 0 Å². The maximum Gasteiger partial charge on any atom is 0.106 e. The minimum atomic E-state index is 0.399. The van der Waals surface area contributed by atoms with E-state index in [9.17, 15) is 0 Å². The van der Waals surface area contributed by atoms with Crippen LogP contribution in [-0.4, -0.2) is 21.3 Å². The summed E-state index contributed by atoms with van der Waals surface area (Å²) in [6, 6.07) is 7.80. The third-order valence-corrected chi connectivity index (χ3v) is 3.40. The molecule has 0 aliphatic carbocycles. The van der Waals surface area contributed by atoms with Gasteiger partial charge in [0.15, 0.2) is 0 Å². The summed E-state index contributed by atoms with van der Waals surface area (Å²) >= 11 is 8.47. The van der Waals surface area contributed by atoms with Crippen LogP contribution in [0.15, 0.2) is 41.1 Å². The first kappa shape index (κ1) is 14.0. The minimum Gasteiger partial charge on any atom is -0.389 e. The second-order valence-corrected chi connectivity index (χ2v) is 5.46. The number of thiocarbonyl (C=S) groups is 1. The van der Waals surface area contributed by atoms with E-state index in [1.54, 1.807) is 6.20 Å². The Balaban J connectivity index is 1.90. The van der Waals surface area contributed by atoms with Crippen LogP contribution in [-0.2, 0) is 6.54 Å². The van der Waals surface area contributed by atoms with Crippen LogP contribution in [0.2, 0.25) is 0 Å². The molecule has 4 nitrogen and oxygen atoms in total. The molecule has 3 N–H and O–H groups in total. The van der Waals surface area contributed by atoms with Gasteiger partial charge in [0.25, 0.3) is 0 Å². The second-order valence-electron chi connectivity index (χ2n) is 4.10. The zero-order chi connectivity index (χ0) is 13.7. The van der Waals surface area contributed by atoms with E-state index in [0.717, 1.165) is 35.2 Å². The summed E-state index contributed by atoms with van der Waals surface area (Å²) < 4.78 is 2.88. The highest BCUT2D eigenvalue weighted by molar-refractivity contribution is 9.10. The summed E-state index contributed by atoms with van der Waals surface area (Å²) in [7, 11) is 0. The van der Waals surface area contributed by atoms with Crippen LogP contribution in [0.3, 0.4) is 0 Å². The lowest BCUT2D eigenvalue weighted by Crippen LogP contribution is -2.14. The molecule has 0 aliphatic rings. The Morgan fingerprint density at radius 2 is 2.32 bits per heavy atom. The van der Waals surface area contributed by atoms with E-state index in [0.29, 0.717) is 4.99 Å². The van der Waals surface area contributed by atoms with Gasteiger partial charge in [-0.1, -0.05) is 28.1 Å². The molecule has 0 aliphatic heterocycles. The van der Waals surface area contributed by atoms with Gasteiger partial charge in [0, 0.05) is 41.2 Å². The smallest absolute Gasteiger partial charge is 0.106 e. The predicted molar refractivity (Wildman–Crippen MR) is 85.4 cm³/mol. The Hall–Kier alpha value is -1.40. The van der Waals surface area contributed by atoms with E-state index in [4.69, 9.17) is 18.0 Å². The third-order valence-electron chi connectivity index (χ3n) is 2.69. The Morgan fingerprint density at radius 1 is 1.47 bits per heavy atom. The highest BCUT2D eigenvalue weighted by atomic mass is 79.9. The molecule has 1 heterocycles. The lowest BCUT2D eigenvalue weighted by atomic mass is 10.1. The van der Waals surface area contributed by atoms with Crippen molar-refractivity contribution in [2.24, 2.45) is 5.73 Å². The van der Waals surface area contributed by atoms with Gasteiger partial charge in [-0.3, -0.25) is 4.68 Å². The molecule has 19 heavy (non-hydrogen) atoms. The number of rotatable bonds is 6. The number of nitrogens with two attached hydrogens (primary N) is 1. The van der Waals surface area contributed by atoms with Crippen molar-refractivity contribution in [3.05, 3.63) is 46.7 Å². The van der Waals surface area contributed by atoms with Crippen molar-refractivity contribution in [2.45, 2.75) is 13.0 Å². The highest BCUT2D eigenvalue weighted by Crippen LogP contribution is 2.21. The van der Waals surface area contributed by atoms with Gasteiger partial charge < -0.3 is 11.1 Å². The van der Waals surface area contributed by atoms with Crippen LogP contribution in [0.1, 0.15) is 12.0 Å². The van der Waals surface area contributed by atoms with Crippen molar-refractivity contribution in [2.75, 3.05) is 11.9 Å². The minimum absolute atomic E-state index is 0.399. The van der Waals surface area contributed by atoms with E-state index >= 15 is 0 Å². The van der Waals surface area contributed by atoms with Crippen molar-refractivity contribution in [3.8, 4) is 0 Å². The molecule has 0 atom stereocenters. The molecular formula is C13H15BrN4S. The first-order chi connectivity index (χ1) is 9.16. The highest BCUT2D eigenvalue weighted by Gasteiger charge is 2.05. The molecular weight excluding hydrogens is 324 g/mol. The first-order valence-electron chi connectivity index (χ1n) is 5.97. The number of nitrogens with one attached hydrogen (secondary N) is 1. The zero-order valence-corrected chi connectivity index (χ0v) is 12.7. The Labute approximate surface area is 126 Å². The Morgan fingerprint density at radius 3 is 3.00 bits per heavy atom. The fourth-order valence-electron chi connectivity index (χ4n) is 1.77. The molecule has 0 bridgehead atoms. The van der Waals surface area contributed by atoms with Gasteiger partial charge in [0.05, 0.1) is 0 Å². The number of nitrogens with zero attached hydrogens (tertiary/aromatic N) is 2. The number of aromatic nitrogens is 2. The maximum atomic E-state index is 5.72. The molecule has 0 unspecified atom stereocenters. The monoisotopic (exact) mass is 338 g/mol. The average Bonchev–Trinajstić information content (AvgIpc) is 2.89. The Kier molecular flexibility index (Phi) is 4.93. The molecule has 100 valence electrons. The van der Waals surface area contributed by atoms with Crippen molar-refractivity contribution in [1.82, 2.24) is 9.78 Å². The van der Waals surface area contributed by atoms with Crippen molar-refractivity contribution >= 4 is 38.8 Å². The van der Waals surface area contributed by atoms with Gasteiger partial charge in [-0.25, -0.2) is 0 Å². The van der Waals surface area contributed by atoms with Gasteiger partial charge in [-0.05, 0) is 30.7 Å². The molecule has 1 aromatic heterocycles. The van der Waals surface area contributed by atoms with Crippen molar-refractivity contribution < 1.29 is 0 Å². The SMILES string of the molecule is NC(=S)c1cc(Br)ccc1NCCCn1cccn1. The molecule has 0 saturated carbocycles. The summed E-state index contributed by atoms with van der Waals surface area (Å²) in [5.41, 5.74) is 7.55. The van der Waals surface area contributed by atoms with E-state index < -0.39 is 0 Å². The van der Waals surface area contributed by atoms with Crippen LogP contribution < -0.4 is 11.1 Å². The molecule has 6 heteroatoms. The van der Waals surface area contributed by atoms with Crippen LogP contribution in [0.5, 0.6) is 0 Å². The normalized spacial score (nSPS) is 10.4. The predicted octanol–water partition coefficient (Wildman–Crippen LogP) is 2.78. The third kappa shape index (κ3) is 4.04. The van der Waals surface area contributed by atoms with Crippen molar-refractivity contribution in [1.29, 1.82) is 0 Å². The lowest BCUT2D eigenvalue weighted by Gasteiger charge is -2.11. The van der Waals surface area contributed by atoms with E-state index in [1.165, 1.54) is 0 Å². The number of anilines is 1. The molecule has 0 fully saturated rings. The summed E-state index contributed by atoms with van der Waals surface area (Å²) in [5.74, 6) is 0. The zero-order valence-electron chi connectivity index (χ0n) is 10.3. The van der Waals surface area contributed by atoms with Gasteiger partial charge in [-0.2, -0.15) is 5.10 Å². The van der Waals surface area contributed by atoms with E-state index in [1.807, 2.05) is 35.1 Å². The molecule has 0 amide bonds. The topological polar surface area (TPSA) is 55.9 Å².